The fourth-order valence-electron chi connectivity index (χ4n) is 8.64. The van der Waals surface area contributed by atoms with Crippen LogP contribution in [0.1, 0.15) is 303 Å². The quantitative estimate of drug-likeness (QED) is 0.0261. The first-order valence-electron chi connectivity index (χ1n) is 30.4. The van der Waals surface area contributed by atoms with Gasteiger partial charge < -0.3 is 14.2 Å². The molecule has 0 radical (unpaired) electrons. The highest BCUT2D eigenvalue weighted by molar-refractivity contribution is 5.71. The Morgan fingerprint density at radius 2 is 0.549 bits per heavy atom. The molecule has 0 aromatic heterocycles. The van der Waals surface area contributed by atoms with Gasteiger partial charge in [0, 0.05) is 19.3 Å². The third kappa shape index (κ3) is 57.6. The first-order valence-corrected chi connectivity index (χ1v) is 30.4. The average molecular weight is 992 g/mol. The van der Waals surface area contributed by atoms with Crippen LogP contribution in [0.5, 0.6) is 0 Å². The summed E-state index contributed by atoms with van der Waals surface area (Å²) in [7, 11) is 0. The molecule has 0 rings (SSSR count). The molecule has 0 aliphatic rings. The fourth-order valence-corrected chi connectivity index (χ4v) is 8.64. The second kappa shape index (κ2) is 59.4. The summed E-state index contributed by atoms with van der Waals surface area (Å²) in [5, 5.41) is 0. The molecule has 0 aromatic rings. The second-order valence-electron chi connectivity index (χ2n) is 20.2. The zero-order valence-corrected chi connectivity index (χ0v) is 47.0. The maximum atomic E-state index is 12.9. The van der Waals surface area contributed by atoms with Crippen LogP contribution in [-0.2, 0) is 28.6 Å². The van der Waals surface area contributed by atoms with Gasteiger partial charge in [-0.2, -0.15) is 0 Å². The Balaban J connectivity index is 4.38. The lowest BCUT2D eigenvalue weighted by Crippen LogP contribution is -2.30. The first-order chi connectivity index (χ1) is 35.0. The lowest BCUT2D eigenvalue weighted by Gasteiger charge is -2.18. The molecule has 0 amide bonds. The van der Waals surface area contributed by atoms with Gasteiger partial charge >= 0.3 is 17.9 Å². The van der Waals surface area contributed by atoms with Crippen molar-refractivity contribution in [2.45, 2.75) is 309 Å². The van der Waals surface area contributed by atoms with E-state index in [0.717, 1.165) is 103 Å². The van der Waals surface area contributed by atoms with Crippen molar-refractivity contribution in [1.82, 2.24) is 0 Å². The molecule has 1 atom stereocenters. The molecule has 0 aliphatic carbocycles. The van der Waals surface area contributed by atoms with E-state index in [-0.39, 0.29) is 37.5 Å². The SMILES string of the molecule is CC/C=C\C/C=C\C/C=C\C/C=C\C/C=C\CCCCCC(=O)OC(COC(=O)CCCCCCC/C=C\CCCCCC)COC(=O)CCCCCCCCCCCCCCCCCCCCCCC. The van der Waals surface area contributed by atoms with Crippen molar-refractivity contribution >= 4 is 17.9 Å². The van der Waals surface area contributed by atoms with Crippen LogP contribution in [-0.4, -0.2) is 37.2 Å². The highest BCUT2D eigenvalue weighted by Crippen LogP contribution is 2.17. The van der Waals surface area contributed by atoms with Gasteiger partial charge in [0.05, 0.1) is 0 Å². The van der Waals surface area contributed by atoms with Gasteiger partial charge in [0.1, 0.15) is 13.2 Å². The number of allylic oxidation sites excluding steroid dienone is 12. The van der Waals surface area contributed by atoms with E-state index in [1.807, 2.05) is 0 Å². The Morgan fingerprint density at radius 3 is 0.901 bits per heavy atom. The lowest BCUT2D eigenvalue weighted by atomic mass is 10.0. The Labute approximate surface area is 440 Å². The lowest BCUT2D eigenvalue weighted by molar-refractivity contribution is -0.167. The van der Waals surface area contributed by atoms with Gasteiger partial charge in [-0.05, 0) is 89.9 Å². The number of ether oxygens (including phenoxy) is 3. The minimum absolute atomic E-state index is 0.0889. The largest absolute Gasteiger partial charge is 0.462 e. The van der Waals surface area contributed by atoms with E-state index in [1.54, 1.807) is 0 Å². The van der Waals surface area contributed by atoms with Crippen LogP contribution in [0.15, 0.2) is 72.9 Å². The molecule has 0 saturated carbocycles. The van der Waals surface area contributed by atoms with E-state index >= 15 is 0 Å². The van der Waals surface area contributed by atoms with Gasteiger partial charge in [-0.1, -0.05) is 267 Å². The van der Waals surface area contributed by atoms with Crippen LogP contribution in [0.4, 0.5) is 0 Å². The number of esters is 3. The third-order valence-electron chi connectivity index (χ3n) is 13.2. The van der Waals surface area contributed by atoms with Gasteiger partial charge in [-0.3, -0.25) is 14.4 Å². The molecular formula is C65H114O6. The van der Waals surface area contributed by atoms with E-state index in [9.17, 15) is 14.4 Å². The van der Waals surface area contributed by atoms with Crippen LogP contribution >= 0.6 is 0 Å². The molecule has 0 aromatic carbocycles. The minimum Gasteiger partial charge on any atom is -0.462 e. The number of carbonyl (C=O) groups excluding carboxylic acids is 3. The van der Waals surface area contributed by atoms with Crippen LogP contribution < -0.4 is 0 Å². The molecular weight excluding hydrogens is 877 g/mol. The van der Waals surface area contributed by atoms with Gasteiger partial charge in [0.15, 0.2) is 6.10 Å². The number of hydrogen-bond acceptors (Lipinski definition) is 6. The van der Waals surface area contributed by atoms with Crippen LogP contribution in [0.25, 0.3) is 0 Å². The van der Waals surface area contributed by atoms with Crippen molar-refractivity contribution < 1.29 is 28.6 Å². The zero-order valence-electron chi connectivity index (χ0n) is 47.0. The summed E-state index contributed by atoms with van der Waals surface area (Å²) < 4.78 is 16.9. The molecule has 0 N–H and O–H groups in total. The monoisotopic (exact) mass is 991 g/mol. The highest BCUT2D eigenvalue weighted by atomic mass is 16.6. The summed E-state index contributed by atoms with van der Waals surface area (Å²) in [6.45, 7) is 6.51. The van der Waals surface area contributed by atoms with Crippen LogP contribution in [0.2, 0.25) is 0 Å². The molecule has 6 heteroatoms. The van der Waals surface area contributed by atoms with Gasteiger partial charge in [0.25, 0.3) is 0 Å². The molecule has 6 nitrogen and oxygen atoms in total. The van der Waals surface area contributed by atoms with Gasteiger partial charge in [-0.15, -0.1) is 0 Å². The van der Waals surface area contributed by atoms with Crippen molar-refractivity contribution in [3.8, 4) is 0 Å². The Kier molecular flexibility index (Phi) is 56.8. The van der Waals surface area contributed by atoms with Gasteiger partial charge in [0.2, 0.25) is 0 Å². The van der Waals surface area contributed by atoms with Crippen molar-refractivity contribution in [1.29, 1.82) is 0 Å². The third-order valence-corrected chi connectivity index (χ3v) is 13.2. The second-order valence-corrected chi connectivity index (χ2v) is 20.2. The molecule has 1 unspecified atom stereocenters. The number of hydrogen-bond donors (Lipinski definition) is 0. The van der Waals surface area contributed by atoms with Gasteiger partial charge in [-0.25, -0.2) is 0 Å². The summed E-state index contributed by atoms with van der Waals surface area (Å²) in [5.74, 6) is -0.918. The first kappa shape index (κ1) is 67.8. The van der Waals surface area contributed by atoms with E-state index in [0.29, 0.717) is 12.8 Å². The molecule has 0 aliphatic heterocycles. The number of unbranched alkanes of at least 4 members (excludes halogenated alkanes) is 32. The van der Waals surface area contributed by atoms with Crippen LogP contribution in [0.3, 0.4) is 0 Å². The van der Waals surface area contributed by atoms with E-state index in [2.05, 4.69) is 93.7 Å². The normalized spacial score (nSPS) is 12.5. The van der Waals surface area contributed by atoms with Crippen molar-refractivity contribution in [3.05, 3.63) is 72.9 Å². The van der Waals surface area contributed by atoms with Crippen LogP contribution in [0, 0.1) is 0 Å². The maximum Gasteiger partial charge on any atom is 0.306 e. The Hall–Kier alpha value is -3.15. The summed E-state index contributed by atoms with van der Waals surface area (Å²) in [5.41, 5.74) is 0. The zero-order chi connectivity index (χ0) is 51.4. The predicted octanol–water partition coefficient (Wildman–Crippen LogP) is 20.5. The molecule has 71 heavy (non-hydrogen) atoms. The van der Waals surface area contributed by atoms with Crippen molar-refractivity contribution in [2.24, 2.45) is 0 Å². The summed E-state index contributed by atoms with van der Waals surface area (Å²) in [4.78, 5) is 38.2. The maximum absolute atomic E-state index is 12.9. The average Bonchev–Trinajstić information content (AvgIpc) is 3.37. The summed E-state index contributed by atoms with van der Waals surface area (Å²) >= 11 is 0. The minimum atomic E-state index is -0.795. The molecule has 0 saturated heterocycles. The topological polar surface area (TPSA) is 78.9 Å². The van der Waals surface area contributed by atoms with E-state index < -0.39 is 6.10 Å². The van der Waals surface area contributed by atoms with Crippen molar-refractivity contribution in [3.63, 3.8) is 0 Å². The molecule has 0 bridgehead atoms. The molecule has 410 valence electrons. The highest BCUT2D eigenvalue weighted by Gasteiger charge is 2.19. The van der Waals surface area contributed by atoms with Crippen molar-refractivity contribution in [2.75, 3.05) is 13.2 Å². The number of carbonyl (C=O) groups is 3. The van der Waals surface area contributed by atoms with E-state index in [1.165, 1.54) is 161 Å². The summed E-state index contributed by atoms with van der Waals surface area (Å²) in [6, 6.07) is 0. The predicted molar refractivity (Wildman–Crippen MR) is 307 cm³/mol. The van der Waals surface area contributed by atoms with E-state index in [4.69, 9.17) is 14.2 Å². The number of rotatable bonds is 55. The summed E-state index contributed by atoms with van der Waals surface area (Å²) in [6.07, 6.45) is 76.2. The standard InChI is InChI=1S/C65H114O6/c1-4-7-10-13-16-19-22-25-27-29-31-32-34-35-37-40-43-46-49-52-55-58-64(67)70-61-62(60-69-63(66)57-54-51-48-45-42-39-24-21-18-15-12-9-6-3)71-65(68)59-56-53-50-47-44-41-38-36-33-30-28-26-23-20-17-14-11-8-5-2/h8,11,17,20-21,24,26,28,33,36,41,44,62H,4-7,9-10,12-16,18-19,22-23,25,27,29-32,34-35,37-40,42-43,45-61H2,1-3H3/b11-8-,20-17-,24-21-,28-26-,36-33-,44-41-. The Bertz CT molecular complexity index is 1320. The smallest absolute Gasteiger partial charge is 0.306 e. The molecule has 0 fully saturated rings. The Morgan fingerprint density at radius 1 is 0.296 bits per heavy atom. The fraction of sp³-hybridized carbons (Fsp3) is 0.769. The molecule has 0 spiro atoms. The molecule has 0 heterocycles.